The van der Waals surface area contributed by atoms with Crippen LogP contribution >= 0.6 is 0 Å². The Morgan fingerprint density at radius 1 is 1.33 bits per heavy atom. The molecule has 0 atom stereocenters. The summed E-state index contributed by atoms with van der Waals surface area (Å²) < 4.78 is 1.49. The zero-order chi connectivity index (χ0) is 10.8. The first-order valence-corrected chi connectivity index (χ1v) is 4.36. The van der Waals surface area contributed by atoms with Crippen LogP contribution in [0.1, 0.15) is 0 Å². The number of benzene rings is 1. The first-order chi connectivity index (χ1) is 7.24. The fourth-order valence-corrected chi connectivity index (χ4v) is 1.51. The highest BCUT2D eigenvalue weighted by atomic mass is 16.6. The normalized spacial score (nSPS) is 10.2. The Hall–Kier alpha value is -2.17. The van der Waals surface area contributed by atoms with E-state index in [1.165, 1.54) is 24.1 Å². The fraction of sp³-hybridized carbons (Fsp3) is 0.100. The minimum Gasteiger partial charge on any atom is -0.274 e. The van der Waals surface area contributed by atoms with Gasteiger partial charge in [-0.2, -0.15) is 0 Å². The lowest BCUT2D eigenvalue weighted by Gasteiger charge is -1.97. The topological polar surface area (TPSA) is 56.2 Å². The summed E-state index contributed by atoms with van der Waals surface area (Å²) in [6.45, 7) is 0. The van der Waals surface area contributed by atoms with Crippen LogP contribution in [0.25, 0.3) is 10.9 Å². The molecule has 0 N–H and O–H groups in total. The van der Waals surface area contributed by atoms with E-state index in [0.717, 1.165) is 0 Å². The van der Waals surface area contributed by atoms with Crippen LogP contribution < -0.4 is 9.57 Å². The van der Waals surface area contributed by atoms with Gasteiger partial charge in [-0.3, -0.25) is 15.0 Å². The summed E-state index contributed by atoms with van der Waals surface area (Å²) in [6.07, 6.45) is 1.53. The summed E-state index contributed by atoms with van der Waals surface area (Å²) in [5.41, 5.74) is 0.758. The minimum atomic E-state index is -0.400. The number of hydrogen-bond donors (Lipinski definition) is 0. The van der Waals surface area contributed by atoms with Crippen molar-refractivity contribution in [1.82, 2.24) is 0 Å². The number of para-hydroxylation sites is 1. The van der Waals surface area contributed by atoms with E-state index in [-0.39, 0.29) is 5.69 Å². The van der Waals surface area contributed by atoms with Gasteiger partial charge in [0.15, 0.2) is 0 Å². The molecule has 0 saturated heterocycles. The number of nitro groups is 1. The van der Waals surface area contributed by atoms with E-state index >= 15 is 0 Å². The van der Waals surface area contributed by atoms with Crippen LogP contribution in [0, 0.1) is 10.1 Å². The van der Waals surface area contributed by atoms with Gasteiger partial charge in [0.2, 0.25) is 6.20 Å². The van der Waals surface area contributed by atoms with Gasteiger partial charge in [-0.25, -0.2) is 0 Å². The smallest absolute Gasteiger partial charge is 0.274 e. The summed E-state index contributed by atoms with van der Waals surface area (Å²) in [7, 11) is 1.51. The molecule has 15 heavy (non-hydrogen) atoms. The summed E-state index contributed by atoms with van der Waals surface area (Å²) in [5.74, 6) is 0. The highest BCUT2D eigenvalue weighted by molar-refractivity contribution is 5.84. The van der Waals surface area contributed by atoms with Crippen molar-refractivity contribution in [2.24, 2.45) is 0 Å². The van der Waals surface area contributed by atoms with Gasteiger partial charge in [0.1, 0.15) is 12.5 Å². The van der Waals surface area contributed by atoms with Crippen molar-refractivity contribution < 1.29 is 14.5 Å². The van der Waals surface area contributed by atoms with Crippen molar-refractivity contribution in [2.75, 3.05) is 7.11 Å². The average molecular weight is 205 g/mol. The molecule has 0 bridgehead atoms. The van der Waals surface area contributed by atoms with Crippen LogP contribution in [-0.4, -0.2) is 12.0 Å². The van der Waals surface area contributed by atoms with Crippen molar-refractivity contribution in [1.29, 1.82) is 0 Å². The van der Waals surface area contributed by atoms with E-state index in [2.05, 4.69) is 0 Å². The van der Waals surface area contributed by atoms with Crippen LogP contribution in [0.15, 0.2) is 36.5 Å². The second-order valence-corrected chi connectivity index (χ2v) is 2.98. The summed E-state index contributed by atoms with van der Waals surface area (Å²) in [5, 5.41) is 11.3. The number of fused-ring (bicyclic) bond motifs is 1. The molecule has 1 aromatic heterocycles. The van der Waals surface area contributed by atoms with Gasteiger partial charge in [-0.15, -0.1) is 0 Å². The number of pyridine rings is 1. The van der Waals surface area contributed by atoms with Gasteiger partial charge < -0.3 is 0 Å². The molecule has 0 unspecified atom stereocenters. The van der Waals surface area contributed by atoms with Crippen molar-refractivity contribution >= 4 is 16.6 Å². The Bertz CT molecular complexity index is 525. The predicted octanol–water partition coefficient (Wildman–Crippen LogP) is 1.09. The Morgan fingerprint density at radius 2 is 2.07 bits per heavy atom. The third-order valence-electron chi connectivity index (χ3n) is 2.18. The molecule has 0 aliphatic rings. The van der Waals surface area contributed by atoms with Crippen molar-refractivity contribution in [3.8, 4) is 0 Å². The molecule has 0 radical (unpaired) electrons. The van der Waals surface area contributed by atoms with Gasteiger partial charge in [-0.05, 0) is 6.07 Å². The standard InChI is InChI=1S/C10H9N2O3/c1-15-11-7-6-10(12(13)14)8-4-2-3-5-9(8)11/h2-7H,1H3/q+1. The molecule has 2 aromatic rings. The van der Waals surface area contributed by atoms with Crippen molar-refractivity contribution in [2.45, 2.75) is 0 Å². The summed E-state index contributed by atoms with van der Waals surface area (Å²) in [4.78, 5) is 15.4. The Labute approximate surface area is 85.6 Å². The highest BCUT2D eigenvalue weighted by Crippen LogP contribution is 2.21. The molecule has 5 nitrogen and oxygen atoms in total. The zero-order valence-corrected chi connectivity index (χ0v) is 8.08. The third-order valence-corrected chi connectivity index (χ3v) is 2.18. The summed E-state index contributed by atoms with van der Waals surface area (Å²) in [6, 6.07) is 8.46. The Balaban J connectivity index is 2.83. The SMILES string of the molecule is CO[n+]1ccc([N+](=O)[O-])c2ccccc21. The molecule has 1 heterocycles. The lowest BCUT2D eigenvalue weighted by Crippen LogP contribution is -2.40. The molecule has 76 valence electrons. The molecular weight excluding hydrogens is 196 g/mol. The van der Waals surface area contributed by atoms with Crippen molar-refractivity contribution in [3.05, 3.63) is 46.6 Å². The number of aromatic nitrogens is 1. The third kappa shape index (κ3) is 1.48. The van der Waals surface area contributed by atoms with Gasteiger partial charge in [-0.1, -0.05) is 12.1 Å². The second-order valence-electron chi connectivity index (χ2n) is 2.98. The van der Waals surface area contributed by atoms with Crippen LogP contribution in [0.2, 0.25) is 0 Å². The molecule has 5 heteroatoms. The molecule has 0 saturated carbocycles. The van der Waals surface area contributed by atoms with E-state index in [0.29, 0.717) is 10.9 Å². The zero-order valence-electron chi connectivity index (χ0n) is 8.08. The Morgan fingerprint density at radius 3 is 2.73 bits per heavy atom. The quantitative estimate of drug-likeness (QED) is 0.419. The van der Waals surface area contributed by atoms with E-state index in [9.17, 15) is 10.1 Å². The van der Waals surface area contributed by atoms with Gasteiger partial charge in [0.05, 0.1) is 11.0 Å². The first-order valence-electron chi connectivity index (χ1n) is 4.36. The fourth-order valence-electron chi connectivity index (χ4n) is 1.51. The van der Waals surface area contributed by atoms with Crippen molar-refractivity contribution in [3.63, 3.8) is 0 Å². The van der Waals surface area contributed by atoms with Crippen LogP contribution in [0.5, 0.6) is 0 Å². The van der Waals surface area contributed by atoms with E-state index < -0.39 is 4.92 Å². The first kappa shape index (κ1) is 9.39. The molecule has 0 spiro atoms. The average Bonchev–Trinajstić information content (AvgIpc) is 2.27. The predicted molar refractivity (Wildman–Crippen MR) is 53.3 cm³/mol. The maximum Gasteiger partial charge on any atom is 0.289 e. The van der Waals surface area contributed by atoms with Crippen LogP contribution in [0.3, 0.4) is 0 Å². The van der Waals surface area contributed by atoms with Gasteiger partial charge in [0.25, 0.3) is 11.2 Å². The van der Waals surface area contributed by atoms with E-state index in [1.54, 1.807) is 18.2 Å². The molecular formula is C10H9N2O3+. The maximum atomic E-state index is 10.8. The lowest BCUT2D eigenvalue weighted by atomic mass is 10.2. The minimum absolute atomic E-state index is 0.0823. The second kappa shape index (κ2) is 3.53. The molecule has 0 aliphatic carbocycles. The highest BCUT2D eigenvalue weighted by Gasteiger charge is 2.19. The molecule has 0 aliphatic heterocycles. The number of nitrogens with zero attached hydrogens (tertiary/aromatic N) is 2. The lowest BCUT2D eigenvalue weighted by molar-refractivity contribution is -0.865. The van der Waals surface area contributed by atoms with E-state index in [4.69, 9.17) is 4.84 Å². The molecule has 2 rings (SSSR count). The van der Waals surface area contributed by atoms with Crippen LogP contribution in [0.4, 0.5) is 5.69 Å². The summed E-state index contributed by atoms with van der Waals surface area (Å²) >= 11 is 0. The molecule has 1 aromatic carbocycles. The monoisotopic (exact) mass is 205 g/mol. The maximum absolute atomic E-state index is 10.8. The molecule has 0 amide bonds. The molecule has 0 fully saturated rings. The van der Waals surface area contributed by atoms with Crippen LogP contribution in [-0.2, 0) is 0 Å². The van der Waals surface area contributed by atoms with Gasteiger partial charge >= 0.3 is 0 Å². The largest absolute Gasteiger partial charge is 0.289 e. The Kier molecular flexibility index (Phi) is 2.21. The number of rotatable bonds is 2. The number of hydrogen-bond acceptors (Lipinski definition) is 3. The van der Waals surface area contributed by atoms with Gasteiger partial charge in [0, 0.05) is 10.8 Å². The van der Waals surface area contributed by atoms with E-state index in [1.807, 2.05) is 6.07 Å².